The molecule has 0 bridgehead atoms. The molecule has 0 spiro atoms. The van der Waals surface area contributed by atoms with Crippen LogP contribution >= 0.6 is 15.9 Å². The van der Waals surface area contributed by atoms with Gasteiger partial charge in [-0.2, -0.15) is 4.98 Å². The third-order valence-electron chi connectivity index (χ3n) is 4.48. The smallest absolute Gasteiger partial charge is 0.225 e. The number of aliphatic hydroxyl groups is 1. The van der Waals surface area contributed by atoms with Crippen LogP contribution < -0.4 is 10.2 Å². The molecule has 0 radical (unpaired) electrons. The van der Waals surface area contributed by atoms with Crippen LogP contribution in [-0.2, 0) is 13.0 Å². The maximum Gasteiger partial charge on any atom is 0.225 e. The van der Waals surface area contributed by atoms with E-state index < -0.39 is 0 Å². The zero-order valence-electron chi connectivity index (χ0n) is 15.0. The Morgan fingerprint density at radius 1 is 1.20 bits per heavy atom. The van der Waals surface area contributed by atoms with E-state index in [1.807, 2.05) is 6.92 Å². The van der Waals surface area contributed by atoms with Gasteiger partial charge in [0.1, 0.15) is 5.82 Å². The highest BCUT2D eigenvalue weighted by Crippen LogP contribution is 2.28. The van der Waals surface area contributed by atoms with Crippen molar-refractivity contribution in [2.24, 2.45) is 0 Å². The Morgan fingerprint density at radius 3 is 2.72 bits per heavy atom. The number of rotatable bonds is 5. The van der Waals surface area contributed by atoms with Gasteiger partial charge in [-0.05, 0) is 42.5 Å². The zero-order valence-corrected chi connectivity index (χ0v) is 16.5. The molecule has 2 aromatic rings. The Kier molecular flexibility index (Phi) is 5.59. The van der Waals surface area contributed by atoms with Crippen molar-refractivity contribution in [2.45, 2.75) is 45.7 Å². The second-order valence-corrected chi connectivity index (χ2v) is 7.86. The number of halogens is 1. The predicted octanol–water partition coefficient (Wildman–Crippen LogP) is 3.72. The van der Waals surface area contributed by atoms with E-state index in [0.717, 1.165) is 35.5 Å². The van der Waals surface area contributed by atoms with Gasteiger partial charge in [0, 0.05) is 29.7 Å². The van der Waals surface area contributed by atoms with E-state index in [2.05, 4.69) is 69.2 Å². The molecule has 1 aromatic carbocycles. The number of nitrogens with zero attached hydrogens (tertiary/aromatic N) is 3. The first-order chi connectivity index (χ1) is 12.0. The summed E-state index contributed by atoms with van der Waals surface area (Å²) >= 11 is 3.57. The molecular formula is C19H25BrN4O. The van der Waals surface area contributed by atoms with Gasteiger partial charge in [0.25, 0.3) is 0 Å². The van der Waals surface area contributed by atoms with E-state index in [9.17, 15) is 5.11 Å². The monoisotopic (exact) mass is 404 g/mol. The average Bonchev–Trinajstić information content (AvgIpc) is 2.60. The van der Waals surface area contributed by atoms with E-state index in [1.165, 1.54) is 11.1 Å². The first-order valence-electron chi connectivity index (χ1n) is 8.75. The summed E-state index contributed by atoms with van der Waals surface area (Å²) in [7, 11) is 0. The molecule has 134 valence electrons. The average molecular weight is 405 g/mol. The normalized spacial score (nSPS) is 15.2. The van der Waals surface area contributed by atoms with Crippen molar-refractivity contribution in [1.29, 1.82) is 0 Å². The predicted molar refractivity (Wildman–Crippen MR) is 105 cm³/mol. The Balaban J connectivity index is 1.90. The summed E-state index contributed by atoms with van der Waals surface area (Å²) in [5, 5.41) is 12.5. The number of nitrogens with one attached hydrogen (secondary N) is 1. The highest BCUT2D eigenvalue weighted by Gasteiger charge is 2.20. The molecule has 0 aliphatic carbocycles. The van der Waals surface area contributed by atoms with E-state index in [1.54, 1.807) is 0 Å². The van der Waals surface area contributed by atoms with Crippen LogP contribution in [0.1, 0.15) is 43.5 Å². The zero-order chi connectivity index (χ0) is 18.0. The van der Waals surface area contributed by atoms with Crippen molar-refractivity contribution in [1.82, 2.24) is 9.97 Å². The van der Waals surface area contributed by atoms with E-state index in [0.29, 0.717) is 11.9 Å². The van der Waals surface area contributed by atoms with Crippen molar-refractivity contribution in [3.63, 3.8) is 0 Å². The Hall–Kier alpha value is -1.66. The minimum atomic E-state index is -0.0756. The molecule has 0 amide bonds. The van der Waals surface area contributed by atoms with Gasteiger partial charge < -0.3 is 15.3 Å². The van der Waals surface area contributed by atoms with Gasteiger partial charge in [-0.3, -0.25) is 0 Å². The van der Waals surface area contributed by atoms with Gasteiger partial charge in [-0.25, -0.2) is 4.98 Å². The molecule has 0 saturated carbocycles. The fourth-order valence-electron chi connectivity index (χ4n) is 2.96. The molecule has 1 aromatic heterocycles. The summed E-state index contributed by atoms with van der Waals surface area (Å²) in [4.78, 5) is 11.6. The molecule has 6 heteroatoms. The van der Waals surface area contributed by atoms with Gasteiger partial charge >= 0.3 is 0 Å². The van der Waals surface area contributed by atoms with Crippen molar-refractivity contribution >= 4 is 27.7 Å². The standard InChI is InChI=1S/C19H25BrN4O/c1-12(2)17-9-18(23-19(22-17)21-13(3)11-25)24-7-6-14-4-5-16(20)8-15(14)10-24/h4-5,8-9,12-13,25H,6-7,10-11H2,1-3H3,(H,21,22,23)/t13-/m0/s1. The van der Waals surface area contributed by atoms with Crippen LogP contribution in [0.3, 0.4) is 0 Å². The van der Waals surface area contributed by atoms with Crippen LogP contribution in [0.25, 0.3) is 0 Å². The summed E-state index contributed by atoms with van der Waals surface area (Å²) in [6.07, 6.45) is 1.01. The molecular weight excluding hydrogens is 380 g/mol. The summed E-state index contributed by atoms with van der Waals surface area (Å²) in [5.41, 5.74) is 3.76. The first kappa shape index (κ1) is 18.1. The number of fused-ring (bicyclic) bond motifs is 1. The molecule has 1 aliphatic heterocycles. The second kappa shape index (κ2) is 7.70. The van der Waals surface area contributed by atoms with Crippen LogP contribution in [0.5, 0.6) is 0 Å². The molecule has 1 atom stereocenters. The highest BCUT2D eigenvalue weighted by molar-refractivity contribution is 9.10. The summed E-state index contributed by atoms with van der Waals surface area (Å²) in [5.74, 6) is 1.85. The SMILES string of the molecule is CC(C)c1cc(N2CCc3ccc(Br)cc3C2)nc(N[C@@H](C)CO)n1. The lowest BCUT2D eigenvalue weighted by atomic mass is 10.00. The Morgan fingerprint density at radius 2 is 2.00 bits per heavy atom. The molecule has 2 N–H and O–H groups in total. The molecule has 2 heterocycles. The van der Waals surface area contributed by atoms with Gasteiger partial charge in [0.05, 0.1) is 12.3 Å². The Bertz CT molecular complexity index is 750. The van der Waals surface area contributed by atoms with Gasteiger partial charge in [-0.15, -0.1) is 0 Å². The maximum atomic E-state index is 9.29. The lowest BCUT2D eigenvalue weighted by molar-refractivity contribution is 0.281. The number of anilines is 2. The van der Waals surface area contributed by atoms with Gasteiger partial charge in [0.2, 0.25) is 5.95 Å². The van der Waals surface area contributed by atoms with E-state index in [4.69, 9.17) is 4.98 Å². The van der Waals surface area contributed by atoms with E-state index in [-0.39, 0.29) is 12.6 Å². The van der Waals surface area contributed by atoms with Crippen molar-refractivity contribution < 1.29 is 5.11 Å². The molecule has 3 rings (SSSR count). The molecule has 0 unspecified atom stereocenters. The van der Waals surface area contributed by atoms with Crippen LogP contribution in [0, 0.1) is 0 Å². The van der Waals surface area contributed by atoms with Crippen molar-refractivity contribution in [2.75, 3.05) is 23.4 Å². The van der Waals surface area contributed by atoms with Crippen molar-refractivity contribution in [3.05, 3.63) is 45.6 Å². The summed E-state index contributed by atoms with van der Waals surface area (Å²) < 4.78 is 1.11. The summed E-state index contributed by atoms with van der Waals surface area (Å²) in [6.45, 7) is 8.02. The fraction of sp³-hybridized carbons (Fsp3) is 0.474. The third-order valence-corrected chi connectivity index (χ3v) is 4.97. The largest absolute Gasteiger partial charge is 0.394 e. The molecule has 0 saturated heterocycles. The molecule has 1 aliphatic rings. The minimum absolute atomic E-state index is 0.0513. The number of aromatic nitrogens is 2. The molecule has 0 fully saturated rings. The quantitative estimate of drug-likeness (QED) is 0.794. The van der Waals surface area contributed by atoms with Crippen LogP contribution in [0.2, 0.25) is 0 Å². The summed E-state index contributed by atoms with van der Waals surface area (Å²) in [6, 6.07) is 8.51. The first-order valence-corrected chi connectivity index (χ1v) is 9.54. The highest BCUT2D eigenvalue weighted by atomic mass is 79.9. The fourth-order valence-corrected chi connectivity index (χ4v) is 3.37. The second-order valence-electron chi connectivity index (χ2n) is 6.94. The number of aliphatic hydroxyl groups excluding tert-OH is 1. The van der Waals surface area contributed by atoms with Gasteiger partial charge in [0.15, 0.2) is 0 Å². The maximum absolute atomic E-state index is 9.29. The van der Waals surface area contributed by atoms with Crippen LogP contribution in [-0.4, -0.2) is 34.3 Å². The Labute approximate surface area is 157 Å². The topological polar surface area (TPSA) is 61.3 Å². The minimum Gasteiger partial charge on any atom is -0.394 e. The lowest BCUT2D eigenvalue weighted by Gasteiger charge is -2.30. The van der Waals surface area contributed by atoms with Gasteiger partial charge in [-0.1, -0.05) is 35.8 Å². The molecule has 5 nitrogen and oxygen atoms in total. The van der Waals surface area contributed by atoms with E-state index >= 15 is 0 Å². The molecule has 25 heavy (non-hydrogen) atoms. The number of hydrogen-bond acceptors (Lipinski definition) is 5. The lowest BCUT2D eigenvalue weighted by Crippen LogP contribution is -2.32. The third kappa shape index (κ3) is 4.30. The number of benzene rings is 1. The van der Waals surface area contributed by atoms with Crippen LogP contribution in [0.4, 0.5) is 11.8 Å². The number of hydrogen-bond donors (Lipinski definition) is 2. The van der Waals surface area contributed by atoms with Crippen molar-refractivity contribution in [3.8, 4) is 0 Å². The van der Waals surface area contributed by atoms with Crippen LogP contribution in [0.15, 0.2) is 28.7 Å².